The third-order valence-corrected chi connectivity index (χ3v) is 8.73. The number of nitrogens with zero attached hydrogens (tertiary/aromatic N) is 2. The first kappa shape index (κ1) is 22.5. The average molecular weight is 460 g/mol. The molecule has 1 aromatic heterocycles. The highest BCUT2D eigenvalue weighted by molar-refractivity contribution is 7.93. The first-order chi connectivity index (χ1) is 15.2. The second kappa shape index (κ2) is 8.67. The maximum atomic E-state index is 13.0. The number of urea groups is 1. The normalized spacial score (nSPS) is 16.5. The summed E-state index contributed by atoms with van der Waals surface area (Å²) >= 11 is 0. The molecule has 0 bridgehead atoms. The molecule has 0 atom stereocenters. The Hall–Kier alpha value is -2.72. The van der Waals surface area contributed by atoms with E-state index in [4.69, 9.17) is 0 Å². The molecule has 2 aliphatic carbocycles. The monoisotopic (exact) mass is 459 g/mol. The molecule has 2 fully saturated rings. The van der Waals surface area contributed by atoms with Crippen molar-refractivity contribution in [2.24, 2.45) is 0 Å². The fourth-order valence-corrected chi connectivity index (χ4v) is 5.37. The van der Waals surface area contributed by atoms with Crippen LogP contribution in [0.5, 0.6) is 0 Å². The van der Waals surface area contributed by atoms with Gasteiger partial charge in [-0.25, -0.2) is 23.2 Å². The molecule has 0 radical (unpaired) electrons. The van der Waals surface area contributed by atoms with Gasteiger partial charge in [-0.2, -0.15) is 0 Å². The van der Waals surface area contributed by atoms with Gasteiger partial charge in [-0.15, -0.1) is 0 Å². The maximum absolute atomic E-state index is 13.0. The van der Waals surface area contributed by atoms with E-state index < -0.39 is 14.6 Å². The predicted molar refractivity (Wildman–Crippen MR) is 123 cm³/mol. The molecule has 172 valence electrons. The number of carbonyl (C=O) groups is 1. The lowest BCUT2D eigenvalue weighted by Crippen LogP contribution is -2.33. The van der Waals surface area contributed by atoms with E-state index in [1.807, 2.05) is 0 Å². The van der Waals surface area contributed by atoms with Crippen LogP contribution in [0.3, 0.4) is 0 Å². The van der Waals surface area contributed by atoms with Crippen LogP contribution < -0.4 is 16.0 Å². The van der Waals surface area contributed by atoms with Crippen molar-refractivity contribution in [2.75, 3.05) is 23.8 Å². The zero-order valence-corrected chi connectivity index (χ0v) is 19.1. The van der Waals surface area contributed by atoms with Gasteiger partial charge in [-0.3, -0.25) is 0 Å². The quantitative estimate of drug-likeness (QED) is 0.453. The number of hydrogen-bond donors (Lipinski definition) is 4. The average Bonchev–Trinajstić information content (AvgIpc) is 3.66. The van der Waals surface area contributed by atoms with E-state index in [9.17, 15) is 18.3 Å². The van der Waals surface area contributed by atoms with Gasteiger partial charge in [0.2, 0.25) is 0 Å². The lowest BCUT2D eigenvalue weighted by molar-refractivity contribution is 0.251. The first-order valence-corrected chi connectivity index (χ1v) is 12.4. The van der Waals surface area contributed by atoms with E-state index in [2.05, 4.69) is 25.9 Å². The summed E-state index contributed by atoms with van der Waals surface area (Å²) in [5.41, 5.74) is 1.73. The van der Waals surface area contributed by atoms with Crippen LogP contribution in [-0.2, 0) is 14.6 Å². The molecule has 0 spiro atoms. The molecular formula is C22H29N5O4S. The molecule has 0 aliphatic heterocycles. The third-order valence-electron chi connectivity index (χ3n) is 5.75. The van der Waals surface area contributed by atoms with E-state index in [-0.39, 0.29) is 30.5 Å². The van der Waals surface area contributed by atoms with Crippen LogP contribution in [0.2, 0.25) is 0 Å². The number of carbonyl (C=O) groups excluding carboxylic acids is 1. The molecule has 0 unspecified atom stereocenters. The molecule has 4 rings (SSSR count). The SMILES string of the molecule is CC(C)(c1cc(NCCO)nc(-c2ccc(NC(=O)NC3CC3)cc2)n1)S(=O)(=O)C1CC1. The van der Waals surface area contributed by atoms with Crippen LogP contribution in [0.15, 0.2) is 30.3 Å². The summed E-state index contributed by atoms with van der Waals surface area (Å²) in [6, 6.07) is 8.74. The minimum atomic E-state index is -3.40. The van der Waals surface area contributed by atoms with E-state index in [1.54, 1.807) is 44.2 Å². The summed E-state index contributed by atoms with van der Waals surface area (Å²) in [6.45, 7) is 3.55. The molecule has 1 heterocycles. The largest absolute Gasteiger partial charge is 0.395 e. The van der Waals surface area contributed by atoms with Gasteiger partial charge < -0.3 is 21.1 Å². The van der Waals surface area contributed by atoms with Crippen LogP contribution in [0, 0.1) is 0 Å². The Bertz CT molecular complexity index is 1090. The standard InChI is InChI=1S/C22H29N5O4S/c1-22(2,32(30,31)17-9-10-17)18-13-19(23-11-12-28)27-20(26-18)14-3-5-15(6-4-14)24-21(29)25-16-7-8-16/h3-6,13,16-17,28H,7-12H2,1-2H3,(H,23,26,27)(H2,24,25,29). The highest BCUT2D eigenvalue weighted by atomic mass is 32.2. The summed E-state index contributed by atoms with van der Waals surface area (Å²) in [6.07, 6.45) is 3.39. The minimum absolute atomic E-state index is 0.0816. The molecule has 1 aromatic carbocycles. The van der Waals surface area contributed by atoms with Crippen molar-refractivity contribution in [1.29, 1.82) is 0 Å². The molecule has 0 saturated heterocycles. The Labute approximate surface area is 188 Å². The predicted octanol–water partition coefficient (Wildman–Crippen LogP) is 2.64. The number of hydrogen-bond acceptors (Lipinski definition) is 7. The van der Waals surface area contributed by atoms with Crippen molar-refractivity contribution in [2.45, 2.75) is 55.6 Å². The summed E-state index contributed by atoms with van der Waals surface area (Å²) < 4.78 is 24.9. The molecule has 2 aromatic rings. The minimum Gasteiger partial charge on any atom is -0.395 e. The Morgan fingerprint density at radius 2 is 1.81 bits per heavy atom. The molecule has 2 amide bonds. The topological polar surface area (TPSA) is 133 Å². The molecule has 2 saturated carbocycles. The molecular weight excluding hydrogens is 430 g/mol. The van der Waals surface area contributed by atoms with Gasteiger partial charge in [0, 0.05) is 29.9 Å². The lowest BCUT2D eigenvalue weighted by atomic mass is 10.1. The summed E-state index contributed by atoms with van der Waals surface area (Å²) in [7, 11) is -3.40. The second-order valence-electron chi connectivity index (χ2n) is 8.82. The van der Waals surface area contributed by atoms with Gasteiger partial charge in [0.05, 0.1) is 17.6 Å². The Kier molecular flexibility index (Phi) is 6.09. The van der Waals surface area contributed by atoms with Crippen molar-refractivity contribution in [1.82, 2.24) is 15.3 Å². The number of nitrogens with one attached hydrogen (secondary N) is 3. The highest BCUT2D eigenvalue weighted by Crippen LogP contribution is 2.41. The third kappa shape index (κ3) is 4.86. The van der Waals surface area contributed by atoms with E-state index in [0.717, 1.165) is 12.8 Å². The van der Waals surface area contributed by atoms with Gasteiger partial charge in [0.25, 0.3) is 0 Å². The van der Waals surface area contributed by atoms with Gasteiger partial charge >= 0.3 is 6.03 Å². The van der Waals surface area contributed by atoms with Crippen LogP contribution >= 0.6 is 0 Å². The zero-order chi connectivity index (χ0) is 22.9. The van der Waals surface area contributed by atoms with Crippen LogP contribution in [0.25, 0.3) is 11.4 Å². The molecule has 2 aliphatic rings. The zero-order valence-electron chi connectivity index (χ0n) is 18.3. The number of aliphatic hydroxyl groups is 1. The van der Waals surface area contributed by atoms with Crippen molar-refractivity contribution in [3.05, 3.63) is 36.0 Å². The summed E-state index contributed by atoms with van der Waals surface area (Å²) in [5.74, 6) is 0.820. The Morgan fingerprint density at radius 3 is 2.41 bits per heavy atom. The van der Waals surface area contributed by atoms with Gasteiger partial charge in [-0.1, -0.05) is 0 Å². The second-order valence-corrected chi connectivity index (χ2v) is 11.6. The van der Waals surface area contributed by atoms with Gasteiger partial charge in [0.1, 0.15) is 10.6 Å². The lowest BCUT2D eigenvalue weighted by Gasteiger charge is -2.25. The molecule has 9 nitrogen and oxygen atoms in total. The van der Waals surface area contributed by atoms with Gasteiger partial charge in [-0.05, 0) is 63.8 Å². The number of rotatable bonds is 9. The van der Waals surface area contributed by atoms with E-state index >= 15 is 0 Å². The van der Waals surface area contributed by atoms with Crippen LogP contribution in [0.4, 0.5) is 16.3 Å². The maximum Gasteiger partial charge on any atom is 0.319 e. The van der Waals surface area contributed by atoms with Crippen molar-refractivity contribution < 1.29 is 18.3 Å². The first-order valence-electron chi connectivity index (χ1n) is 10.9. The number of aromatic nitrogens is 2. The number of amides is 2. The van der Waals surface area contributed by atoms with Crippen molar-refractivity contribution >= 4 is 27.4 Å². The van der Waals surface area contributed by atoms with Crippen LogP contribution in [0.1, 0.15) is 45.2 Å². The highest BCUT2D eigenvalue weighted by Gasteiger charge is 2.48. The summed E-state index contributed by atoms with van der Waals surface area (Å²) in [5, 5.41) is 17.5. The Balaban J connectivity index is 1.62. The summed E-state index contributed by atoms with van der Waals surface area (Å²) in [4.78, 5) is 21.1. The van der Waals surface area contributed by atoms with Crippen molar-refractivity contribution in [3.63, 3.8) is 0 Å². The van der Waals surface area contributed by atoms with E-state index in [0.29, 0.717) is 41.4 Å². The number of anilines is 2. The molecule has 32 heavy (non-hydrogen) atoms. The van der Waals surface area contributed by atoms with Gasteiger partial charge in [0.15, 0.2) is 15.7 Å². The smallest absolute Gasteiger partial charge is 0.319 e. The molecule has 10 heteroatoms. The van der Waals surface area contributed by atoms with E-state index in [1.165, 1.54) is 0 Å². The number of sulfone groups is 1. The number of aliphatic hydroxyl groups excluding tert-OH is 1. The number of benzene rings is 1. The van der Waals surface area contributed by atoms with Crippen LogP contribution in [-0.4, -0.2) is 54.0 Å². The Morgan fingerprint density at radius 1 is 1.12 bits per heavy atom. The van der Waals surface area contributed by atoms with Crippen molar-refractivity contribution in [3.8, 4) is 11.4 Å². The fourth-order valence-electron chi connectivity index (χ4n) is 3.38. The molecule has 4 N–H and O–H groups in total. The fraction of sp³-hybridized carbons (Fsp3) is 0.500.